The highest BCUT2D eigenvalue weighted by Gasteiger charge is 2.22. The normalized spacial score (nSPS) is 14.7. The molecule has 0 unspecified atom stereocenters. The molecular formula is C21H19FN2O4S. The fraction of sp³-hybridized carbons (Fsp3) is 0.190. The summed E-state index contributed by atoms with van der Waals surface area (Å²) in [6.45, 7) is 3.92. The van der Waals surface area contributed by atoms with Crippen molar-refractivity contribution < 1.29 is 23.5 Å². The highest BCUT2D eigenvalue weighted by atomic mass is 32.2. The predicted molar refractivity (Wildman–Crippen MR) is 110 cm³/mol. The lowest BCUT2D eigenvalue weighted by molar-refractivity contribution is -0.117. The maximum Gasteiger partial charge on any atom is 0.286 e. The number of nitrogens with zero attached hydrogens (tertiary/aromatic N) is 1. The van der Waals surface area contributed by atoms with Crippen LogP contribution in [0.5, 0.6) is 11.5 Å². The van der Waals surface area contributed by atoms with Crippen LogP contribution in [0.3, 0.4) is 0 Å². The van der Waals surface area contributed by atoms with E-state index in [1.54, 1.807) is 36.4 Å². The van der Waals surface area contributed by atoms with Gasteiger partial charge in [-0.3, -0.25) is 9.59 Å². The first-order valence-electron chi connectivity index (χ1n) is 8.89. The molecule has 2 amide bonds. The van der Waals surface area contributed by atoms with E-state index < -0.39 is 5.91 Å². The summed E-state index contributed by atoms with van der Waals surface area (Å²) in [4.78, 5) is 27.4. The first kappa shape index (κ1) is 20.6. The van der Waals surface area contributed by atoms with Gasteiger partial charge < -0.3 is 14.8 Å². The minimum absolute atomic E-state index is 0.262. The number of hydrogen-bond acceptors (Lipinski definition) is 5. The van der Waals surface area contributed by atoms with Crippen LogP contribution >= 0.6 is 11.8 Å². The van der Waals surface area contributed by atoms with E-state index in [0.717, 1.165) is 22.9 Å². The van der Waals surface area contributed by atoms with Gasteiger partial charge in [0, 0.05) is 6.92 Å². The summed E-state index contributed by atoms with van der Waals surface area (Å²) in [7, 11) is 0. The van der Waals surface area contributed by atoms with Crippen LogP contribution in [0.1, 0.15) is 25.0 Å². The monoisotopic (exact) mass is 414 g/mol. The van der Waals surface area contributed by atoms with Crippen LogP contribution in [-0.4, -0.2) is 23.6 Å². The topological polar surface area (TPSA) is 77.0 Å². The minimum Gasteiger partial charge on any atom is -0.490 e. The maximum absolute atomic E-state index is 13.0. The molecule has 6 nitrogen and oxygen atoms in total. The lowest BCUT2D eigenvalue weighted by Gasteiger charge is -2.13. The average Bonchev–Trinajstić information content (AvgIpc) is 3.01. The molecule has 1 N–H and O–H groups in total. The van der Waals surface area contributed by atoms with E-state index in [0.29, 0.717) is 23.0 Å². The van der Waals surface area contributed by atoms with Gasteiger partial charge in [-0.1, -0.05) is 18.2 Å². The first-order valence-corrected chi connectivity index (χ1v) is 9.70. The van der Waals surface area contributed by atoms with Crippen LogP contribution < -0.4 is 14.8 Å². The van der Waals surface area contributed by atoms with Crippen molar-refractivity contribution in [2.45, 2.75) is 20.5 Å². The molecule has 0 saturated carbocycles. The SMILES string of the molecule is CCOc1cc(/C=C2/SC(NC(C)=O)=NC2=O)ccc1OCc1ccc(F)cc1. The van der Waals surface area contributed by atoms with E-state index >= 15 is 0 Å². The van der Waals surface area contributed by atoms with Gasteiger partial charge in [-0.25, -0.2) is 4.39 Å². The lowest BCUT2D eigenvalue weighted by Crippen LogP contribution is -2.23. The number of halogens is 1. The number of ether oxygens (including phenoxy) is 2. The molecule has 29 heavy (non-hydrogen) atoms. The highest BCUT2D eigenvalue weighted by Crippen LogP contribution is 2.32. The van der Waals surface area contributed by atoms with Gasteiger partial charge in [0.05, 0.1) is 11.5 Å². The highest BCUT2D eigenvalue weighted by molar-refractivity contribution is 8.18. The molecule has 150 valence electrons. The molecule has 1 heterocycles. The van der Waals surface area contributed by atoms with Crippen LogP contribution in [0, 0.1) is 5.82 Å². The fourth-order valence-corrected chi connectivity index (χ4v) is 3.37. The third-order valence-corrected chi connectivity index (χ3v) is 4.68. The van der Waals surface area contributed by atoms with Crippen LogP contribution in [-0.2, 0) is 16.2 Å². The van der Waals surface area contributed by atoms with Gasteiger partial charge in [0.15, 0.2) is 16.7 Å². The molecule has 0 fully saturated rings. The fourth-order valence-electron chi connectivity index (χ4n) is 2.51. The van der Waals surface area contributed by atoms with Gasteiger partial charge in [-0.15, -0.1) is 0 Å². The number of nitrogens with one attached hydrogen (secondary N) is 1. The number of aliphatic imine (C=N–C) groups is 1. The van der Waals surface area contributed by atoms with Crippen molar-refractivity contribution in [2.75, 3.05) is 6.61 Å². The number of thioether (sulfide) groups is 1. The summed E-state index contributed by atoms with van der Waals surface area (Å²) >= 11 is 1.10. The van der Waals surface area contributed by atoms with E-state index in [2.05, 4.69) is 10.3 Å². The lowest BCUT2D eigenvalue weighted by atomic mass is 10.2. The summed E-state index contributed by atoms with van der Waals surface area (Å²) in [5.74, 6) is 0.0763. The number of carbonyl (C=O) groups is 2. The number of rotatable bonds is 6. The van der Waals surface area contributed by atoms with Gasteiger partial charge in [-0.05, 0) is 60.2 Å². The third kappa shape index (κ3) is 5.68. The van der Waals surface area contributed by atoms with Gasteiger partial charge in [0.2, 0.25) is 5.91 Å². The Kier molecular flexibility index (Phi) is 6.66. The Morgan fingerprint density at radius 2 is 1.93 bits per heavy atom. The van der Waals surface area contributed by atoms with Crippen molar-refractivity contribution in [1.82, 2.24) is 5.32 Å². The quantitative estimate of drug-likeness (QED) is 0.726. The molecule has 8 heteroatoms. The van der Waals surface area contributed by atoms with Gasteiger partial charge in [0.1, 0.15) is 12.4 Å². The number of amidine groups is 1. The van der Waals surface area contributed by atoms with E-state index in [4.69, 9.17) is 9.47 Å². The summed E-state index contributed by atoms with van der Waals surface area (Å²) < 4.78 is 24.5. The molecule has 3 rings (SSSR count). The number of carbonyl (C=O) groups excluding carboxylic acids is 2. The van der Waals surface area contributed by atoms with Crippen LogP contribution in [0.25, 0.3) is 6.08 Å². The average molecular weight is 414 g/mol. The molecule has 0 aromatic heterocycles. The van der Waals surface area contributed by atoms with Crippen molar-refractivity contribution in [3.05, 3.63) is 64.3 Å². The van der Waals surface area contributed by atoms with Crippen molar-refractivity contribution in [2.24, 2.45) is 4.99 Å². The molecular weight excluding hydrogens is 395 g/mol. The maximum atomic E-state index is 13.0. The van der Waals surface area contributed by atoms with E-state index in [1.165, 1.54) is 19.1 Å². The van der Waals surface area contributed by atoms with E-state index in [1.807, 2.05) is 6.92 Å². The van der Waals surface area contributed by atoms with E-state index in [-0.39, 0.29) is 23.5 Å². The standard InChI is InChI=1S/C21H19FN2O4S/c1-3-27-18-10-15(11-19-20(26)24-21(29-19)23-13(2)25)6-9-17(18)28-12-14-4-7-16(22)8-5-14/h4-11H,3,12H2,1-2H3,(H,23,24,25,26)/b19-11+. The Morgan fingerprint density at radius 3 is 2.62 bits per heavy atom. The second-order valence-electron chi connectivity index (χ2n) is 6.07. The zero-order chi connectivity index (χ0) is 20.8. The Labute approximate surface area is 171 Å². The summed E-state index contributed by atoms with van der Waals surface area (Å²) in [6, 6.07) is 11.4. The molecule has 1 aliphatic rings. The number of amides is 2. The minimum atomic E-state index is -0.409. The molecule has 0 radical (unpaired) electrons. The van der Waals surface area contributed by atoms with E-state index in [9.17, 15) is 14.0 Å². The molecule has 1 aliphatic heterocycles. The molecule has 0 atom stereocenters. The molecule has 2 aromatic rings. The summed E-state index contributed by atoms with van der Waals surface area (Å²) in [6.07, 6.45) is 1.68. The van der Waals surface area contributed by atoms with Crippen LogP contribution in [0.2, 0.25) is 0 Å². The Morgan fingerprint density at radius 1 is 1.17 bits per heavy atom. The van der Waals surface area contributed by atoms with Crippen LogP contribution in [0.4, 0.5) is 4.39 Å². The summed E-state index contributed by atoms with van der Waals surface area (Å²) in [5, 5.41) is 2.77. The second kappa shape index (κ2) is 9.38. The Hall–Kier alpha value is -3.13. The van der Waals surface area contributed by atoms with Crippen LogP contribution in [0.15, 0.2) is 52.4 Å². The smallest absolute Gasteiger partial charge is 0.286 e. The van der Waals surface area contributed by atoms with Gasteiger partial charge in [0.25, 0.3) is 5.91 Å². The first-order chi connectivity index (χ1) is 13.9. The van der Waals surface area contributed by atoms with Crippen molar-refractivity contribution in [1.29, 1.82) is 0 Å². The Balaban J connectivity index is 1.74. The van der Waals surface area contributed by atoms with Gasteiger partial charge >= 0.3 is 0 Å². The largest absolute Gasteiger partial charge is 0.490 e. The zero-order valence-corrected chi connectivity index (χ0v) is 16.7. The van der Waals surface area contributed by atoms with Gasteiger partial charge in [-0.2, -0.15) is 4.99 Å². The molecule has 0 aliphatic carbocycles. The summed E-state index contributed by atoms with van der Waals surface area (Å²) in [5.41, 5.74) is 1.56. The van der Waals surface area contributed by atoms with Crippen molar-refractivity contribution >= 4 is 34.8 Å². The third-order valence-electron chi connectivity index (χ3n) is 3.78. The second-order valence-corrected chi connectivity index (χ2v) is 7.10. The number of hydrogen-bond donors (Lipinski definition) is 1. The Bertz CT molecular complexity index is 987. The number of benzene rings is 2. The van der Waals surface area contributed by atoms with Crippen molar-refractivity contribution in [3.63, 3.8) is 0 Å². The molecule has 0 spiro atoms. The predicted octanol–water partition coefficient (Wildman–Crippen LogP) is 3.91. The molecule has 2 aromatic carbocycles. The van der Waals surface area contributed by atoms with Crippen molar-refractivity contribution in [3.8, 4) is 11.5 Å². The molecule has 0 saturated heterocycles. The zero-order valence-electron chi connectivity index (χ0n) is 15.9. The molecule has 0 bridgehead atoms.